The quantitative estimate of drug-likeness (QED) is 0.786. The van der Waals surface area contributed by atoms with Gasteiger partial charge in [0.1, 0.15) is 0 Å². The Hall–Kier alpha value is -0.780. The number of ether oxygens (including phenoxy) is 2. The molecule has 1 aromatic carbocycles. The van der Waals surface area contributed by atoms with Crippen LogP contribution < -0.4 is 15.0 Å². The lowest BCUT2D eigenvalue weighted by Gasteiger charge is -2.14. The molecule has 0 heterocycles. The number of rotatable bonds is 7. The third kappa shape index (κ3) is 4.18. The molecule has 0 saturated heterocycles. The van der Waals surface area contributed by atoms with Gasteiger partial charge in [-0.1, -0.05) is 6.92 Å². The maximum Gasteiger partial charge on any atom is 0.175 e. The Morgan fingerprint density at radius 3 is 2.65 bits per heavy atom. The molecule has 17 heavy (non-hydrogen) atoms. The van der Waals surface area contributed by atoms with E-state index >= 15 is 0 Å². The molecule has 5 heteroatoms. The number of methoxy groups -OCH3 is 1. The molecule has 0 aliphatic carbocycles. The largest absolute Gasteiger partial charge is 0.493 e. The number of hydrogen-bond donors (Lipinski definition) is 1. The van der Waals surface area contributed by atoms with E-state index in [1.54, 1.807) is 14.2 Å². The van der Waals surface area contributed by atoms with Gasteiger partial charge < -0.3 is 14.3 Å². The van der Waals surface area contributed by atoms with Gasteiger partial charge in [0.15, 0.2) is 11.5 Å². The molecule has 0 aliphatic heterocycles. The summed E-state index contributed by atoms with van der Waals surface area (Å²) in [5.41, 5.74) is 3.84. The summed E-state index contributed by atoms with van der Waals surface area (Å²) >= 11 is 3.49. The summed E-state index contributed by atoms with van der Waals surface area (Å²) in [5.74, 6) is 1.47. The molecular weight excluding hydrogens is 286 g/mol. The van der Waals surface area contributed by atoms with Gasteiger partial charge in [0, 0.05) is 6.54 Å². The Labute approximate surface area is 110 Å². The maximum absolute atomic E-state index is 5.64. The molecular formula is C12H18BrNO3. The summed E-state index contributed by atoms with van der Waals surface area (Å²) in [6.07, 6.45) is 0.961. The molecule has 1 N–H and O–H groups in total. The Morgan fingerprint density at radius 2 is 2.06 bits per heavy atom. The van der Waals surface area contributed by atoms with E-state index in [0.29, 0.717) is 13.2 Å². The average Bonchev–Trinajstić information content (AvgIpc) is 2.34. The zero-order chi connectivity index (χ0) is 12.7. The third-order valence-electron chi connectivity index (χ3n) is 2.16. The van der Waals surface area contributed by atoms with Crippen molar-refractivity contribution in [3.63, 3.8) is 0 Å². The summed E-state index contributed by atoms with van der Waals surface area (Å²) in [7, 11) is 3.22. The molecule has 0 bridgehead atoms. The fraction of sp³-hybridized carbons (Fsp3) is 0.500. The predicted molar refractivity (Wildman–Crippen MR) is 70.3 cm³/mol. The molecule has 0 atom stereocenters. The highest BCUT2D eigenvalue weighted by molar-refractivity contribution is 9.10. The van der Waals surface area contributed by atoms with Gasteiger partial charge in [-0.3, -0.25) is 0 Å². The second-order valence-electron chi connectivity index (χ2n) is 3.48. The highest BCUT2D eigenvalue weighted by atomic mass is 79.9. The number of nitrogens with one attached hydrogen (secondary N) is 1. The van der Waals surface area contributed by atoms with Crippen LogP contribution >= 0.6 is 15.9 Å². The van der Waals surface area contributed by atoms with Crippen molar-refractivity contribution in [1.29, 1.82) is 0 Å². The van der Waals surface area contributed by atoms with E-state index in [4.69, 9.17) is 14.3 Å². The van der Waals surface area contributed by atoms with Gasteiger partial charge in [0.05, 0.1) is 25.3 Å². The minimum atomic E-state index is 0.611. The smallest absolute Gasteiger partial charge is 0.175 e. The zero-order valence-electron chi connectivity index (χ0n) is 10.4. The predicted octanol–water partition coefficient (Wildman–Crippen LogP) is 2.90. The first kappa shape index (κ1) is 14.3. The van der Waals surface area contributed by atoms with Crippen LogP contribution in [-0.4, -0.2) is 20.8 Å². The molecule has 4 nitrogen and oxygen atoms in total. The van der Waals surface area contributed by atoms with E-state index in [0.717, 1.165) is 28.0 Å². The lowest BCUT2D eigenvalue weighted by Crippen LogP contribution is -2.11. The van der Waals surface area contributed by atoms with Gasteiger partial charge in [-0.2, -0.15) is 5.48 Å². The van der Waals surface area contributed by atoms with E-state index in [9.17, 15) is 0 Å². The normalized spacial score (nSPS) is 10.4. The topological polar surface area (TPSA) is 39.7 Å². The van der Waals surface area contributed by atoms with Crippen LogP contribution in [0.15, 0.2) is 16.6 Å². The Morgan fingerprint density at radius 1 is 1.29 bits per heavy atom. The van der Waals surface area contributed by atoms with Gasteiger partial charge in [-0.25, -0.2) is 0 Å². The summed E-state index contributed by atoms with van der Waals surface area (Å²) in [6, 6.07) is 3.92. The molecule has 96 valence electrons. The Kier molecular flexibility index (Phi) is 6.32. The molecule has 0 amide bonds. The minimum Gasteiger partial charge on any atom is -0.493 e. The van der Waals surface area contributed by atoms with Gasteiger partial charge in [0.2, 0.25) is 0 Å². The molecule has 0 unspecified atom stereocenters. The summed E-state index contributed by atoms with van der Waals surface area (Å²) in [4.78, 5) is 4.82. The van der Waals surface area contributed by atoms with Crippen molar-refractivity contribution >= 4 is 15.9 Å². The monoisotopic (exact) mass is 303 g/mol. The van der Waals surface area contributed by atoms with Crippen LogP contribution in [0.5, 0.6) is 11.5 Å². The molecule has 0 radical (unpaired) electrons. The molecule has 0 aromatic heterocycles. The van der Waals surface area contributed by atoms with E-state index < -0.39 is 0 Å². The van der Waals surface area contributed by atoms with Crippen LogP contribution in [0.4, 0.5) is 0 Å². The van der Waals surface area contributed by atoms with Crippen molar-refractivity contribution in [1.82, 2.24) is 5.48 Å². The van der Waals surface area contributed by atoms with Gasteiger partial charge >= 0.3 is 0 Å². The lowest BCUT2D eigenvalue weighted by molar-refractivity contribution is 0.0866. The van der Waals surface area contributed by atoms with Crippen LogP contribution in [0, 0.1) is 0 Å². The highest BCUT2D eigenvalue weighted by Gasteiger charge is 2.11. The average molecular weight is 304 g/mol. The van der Waals surface area contributed by atoms with Crippen LogP contribution in [0.2, 0.25) is 0 Å². The summed E-state index contributed by atoms with van der Waals surface area (Å²) in [6.45, 7) is 3.35. The molecule has 0 saturated carbocycles. The fourth-order valence-corrected chi connectivity index (χ4v) is 1.98. The third-order valence-corrected chi connectivity index (χ3v) is 2.75. The number of hydrogen-bond acceptors (Lipinski definition) is 4. The van der Waals surface area contributed by atoms with Crippen LogP contribution in [0.3, 0.4) is 0 Å². The fourth-order valence-electron chi connectivity index (χ4n) is 1.37. The first-order valence-electron chi connectivity index (χ1n) is 5.48. The molecule has 0 fully saturated rings. The van der Waals surface area contributed by atoms with E-state index in [2.05, 4.69) is 28.3 Å². The van der Waals surface area contributed by atoms with Crippen LogP contribution in [0.1, 0.15) is 18.9 Å². The molecule has 0 aliphatic rings. The molecule has 0 spiro atoms. The SMILES string of the molecule is CCCOc1c(Br)cc(CNOC)cc1OC. The van der Waals surface area contributed by atoms with E-state index in [1.807, 2.05) is 12.1 Å². The zero-order valence-corrected chi connectivity index (χ0v) is 12.0. The van der Waals surface area contributed by atoms with Crippen molar-refractivity contribution in [3.8, 4) is 11.5 Å². The Bertz CT molecular complexity index is 358. The molecule has 1 rings (SSSR count). The number of benzene rings is 1. The highest BCUT2D eigenvalue weighted by Crippen LogP contribution is 2.36. The van der Waals surface area contributed by atoms with Crippen molar-refractivity contribution < 1.29 is 14.3 Å². The lowest BCUT2D eigenvalue weighted by atomic mass is 10.2. The van der Waals surface area contributed by atoms with E-state index in [1.165, 1.54) is 0 Å². The first-order valence-corrected chi connectivity index (χ1v) is 6.27. The van der Waals surface area contributed by atoms with Crippen molar-refractivity contribution in [2.45, 2.75) is 19.9 Å². The van der Waals surface area contributed by atoms with Gasteiger partial charge in [-0.15, -0.1) is 0 Å². The number of halogens is 1. The second kappa shape index (κ2) is 7.53. The standard InChI is InChI=1S/C12H18BrNO3/c1-4-5-17-12-10(13)6-9(8-14-16-3)7-11(12)15-2/h6-7,14H,4-5,8H2,1-3H3. The maximum atomic E-state index is 5.64. The van der Waals surface area contributed by atoms with Crippen molar-refractivity contribution in [3.05, 3.63) is 22.2 Å². The molecule has 1 aromatic rings. The Balaban J connectivity index is 2.90. The number of hydroxylamine groups is 1. The first-order chi connectivity index (χ1) is 8.22. The summed E-state index contributed by atoms with van der Waals surface area (Å²) in [5, 5.41) is 0. The minimum absolute atomic E-state index is 0.611. The van der Waals surface area contributed by atoms with Crippen LogP contribution in [0.25, 0.3) is 0 Å². The van der Waals surface area contributed by atoms with Crippen molar-refractivity contribution in [2.24, 2.45) is 0 Å². The van der Waals surface area contributed by atoms with Gasteiger partial charge in [-0.05, 0) is 40.0 Å². The van der Waals surface area contributed by atoms with Crippen molar-refractivity contribution in [2.75, 3.05) is 20.8 Å². The summed E-state index contributed by atoms with van der Waals surface area (Å²) < 4.78 is 11.9. The van der Waals surface area contributed by atoms with E-state index in [-0.39, 0.29) is 0 Å². The second-order valence-corrected chi connectivity index (χ2v) is 4.34. The van der Waals surface area contributed by atoms with Gasteiger partial charge in [0.25, 0.3) is 0 Å². The van der Waals surface area contributed by atoms with Crippen LogP contribution in [-0.2, 0) is 11.4 Å².